The van der Waals surface area contributed by atoms with Gasteiger partial charge in [-0.2, -0.15) is 10.2 Å². The largest absolute Gasteiger partial charge is 0.422 e. The van der Waals surface area contributed by atoms with Gasteiger partial charge in [0.15, 0.2) is 0 Å². The van der Waals surface area contributed by atoms with E-state index in [-0.39, 0.29) is 5.69 Å². The van der Waals surface area contributed by atoms with E-state index in [0.29, 0.717) is 33.7 Å². The van der Waals surface area contributed by atoms with Crippen LogP contribution in [0, 0.1) is 10.1 Å². The molecule has 2 heterocycles. The van der Waals surface area contributed by atoms with Crippen molar-refractivity contribution in [2.24, 2.45) is 10.2 Å². The third-order valence-electron chi connectivity index (χ3n) is 4.70. The number of nitrogens with zero attached hydrogens (tertiary/aromatic N) is 4. The number of fused-ring (bicyclic) bond motifs is 2. The Morgan fingerprint density at radius 1 is 0.935 bits per heavy atom. The molecule has 31 heavy (non-hydrogen) atoms. The van der Waals surface area contributed by atoms with Gasteiger partial charge in [-0.25, -0.2) is 9.78 Å². The first-order valence-electron chi connectivity index (χ1n) is 9.26. The number of non-ortho nitro benzene ring substituents is 1. The molecule has 0 fully saturated rings. The van der Waals surface area contributed by atoms with Crippen molar-refractivity contribution in [2.75, 3.05) is 0 Å². The van der Waals surface area contributed by atoms with Gasteiger partial charge in [0.1, 0.15) is 17.0 Å². The number of aromatic nitrogens is 2. The number of nitro groups is 1. The molecule has 0 radical (unpaired) electrons. The van der Waals surface area contributed by atoms with E-state index in [2.05, 4.69) is 20.2 Å². The van der Waals surface area contributed by atoms with Crippen molar-refractivity contribution in [3.63, 3.8) is 0 Å². The number of H-pyrrole nitrogens is 1. The molecule has 0 atom stereocenters. The Kier molecular flexibility index (Phi) is 4.33. The Bertz CT molecular complexity index is 1500. The van der Waals surface area contributed by atoms with Crippen molar-refractivity contribution < 1.29 is 9.34 Å². The predicted octanol–water partition coefficient (Wildman–Crippen LogP) is 5.66. The second kappa shape index (κ2) is 7.30. The highest BCUT2D eigenvalue weighted by Gasteiger charge is 2.12. The van der Waals surface area contributed by atoms with Gasteiger partial charge in [-0.3, -0.25) is 10.1 Å². The number of aromatic amines is 1. The quantitative estimate of drug-likeness (QED) is 0.177. The van der Waals surface area contributed by atoms with Gasteiger partial charge in [0, 0.05) is 17.5 Å². The van der Waals surface area contributed by atoms with Crippen molar-refractivity contribution in [3.8, 4) is 11.4 Å². The summed E-state index contributed by atoms with van der Waals surface area (Å²) in [6.07, 6.45) is 0. The van der Waals surface area contributed by atoms with E-state index < -0.39 is 10.5 Å². The maximum atomic E-state index is 12.5. The van der Waals surface area contributed by atoms with E-state index >= 15 is 0 Å². The van der Waals surface area contributed by atoms with E-state index in [1.54, 1.807) is 24.3 Å². The standard InChI is InChI=1S/C22H13N5O4/c28-22-17(21-23-18-3-1-2-4-19(18)24-21)12-13-11-15(7-10-20(13)31-22)26-25-14-5-8-16(9-6-14)27(29)30/h1-12H,(H,23,24). The van der Waals surface area contributed by atoms with Crippen LogP contribution in [-0.4, -0.2) is 14.9 Å². The molecule has 0 spiro atoms. The number of hydrogen-bond acceptors (Lipinski definition) is 7. The lowest BCUT2D eigenvalue weighted by Gasteiger charge is -2.01. The zero-order valence-electron chi connectivity index (χ0n) is 15.9. The van der Waals surface area contributed by atoms with Crippen molar-refractivity contribution in [1.82, 2.24) is 9.97 Å². The lowest BCUT2D eigenvalue weighted by atomic mass is 10.1. The molecule has 0 aliphatic carbocycles. The molecule has 150 valence electrons. The molecular weight excluding hydrogens is 398 g/mol. The Hall–Kier alpha value is -4.66. The average Bonchev–Trinajstić information content (AvgIpc) is 3.21. The van der Waals surface area contributed by atoms with Crippen LogP contribution in [0.2, 0.25) is 0 Å². The first-order valence-corrected chi connectivity index (χ1v) is 9.26. The number of hydrogen-bond donors (Lipinski definition) is 1. The molecule has 1 N–H and O–H groups in total. The monoisotopic (exact) mass is 411 g/mol. The highest BCUT2D eigenvalue weighted by molar-refractivity contribution is 5.85. The second-order valence-corrected chi connectivity index (χ2v) is 6.75. The minimum Gasteiger partial charge on any atom is -0.422 e. The SMILES string of the molecule is O=c1oc2ccc(N=Nc3ccc([N+](=O)[O-])cc3)cc2cc1-c1nc2ccccc2[nH]1. The molecule has 3 aromatic carbocycles. The first kappa shape index (κ1) is 18.4. The van der Waals surface area contributed by atoms with Crippen LogP contribution >= 0.6 is 0 Å². The molecule has 2 aromatic heterocycles. The van der Waals surface area contributed by atoms with Gasteiger partial charge in [0.05, 0.1) is 27.3 Å². The molecule has 0 saturated heterocycles. The van der Waals surface area contributed by atoms with Crippen molar-refractivity contribution in [3.05, 3.63) is 93.3 Å². The van der Waals surface area contributed by atoms with E-state index in [9.17, 15) is 14.9 Å². The number of azo groups is 1. The van der Waals surface area contributed by atoms with Crippen LogP contribution in [0.15, 0.2) is 92.2 Å². The molecule has 5 rings (SSSR count). The van der Waals surface area contributed by atoms with E-state index in [1.165, 1.54) is 24.3 Å². The van der Waals surface area contributed by atoms with Crippen LogP contribution in [0.5, 0.6) is 0 Å². The molecule has 9 heteroatoms. The van der Waals surface area contributed by atoms with Crippen LogP contribution in [0.4, 0.5) is 17.1 Å². The number of nitrogens with one attached hydrogen (secondary N) is 1. The van der Waals surface area contributed by atoms with Crippen molar-refractivity contribution in [1.29, 1.82) is 0 Å². The third kappa shape index (κ3) is 3.55. The molecule has 0 aliphatic heterocycles. The Morgan fingerprint density at radius 3 is 2.45 bits per heavy atom. The molecule has 0 saturated carbocycles. The van der Waals surface area contributed by atoms with Gasteiger partial charge in [-0.1, -0.05) is 12.1 Å². The topological polar surface area (TPSA) is 127 Å². The minimum absolute atomic E-state index is 0.0159. The fraction of sp³-hybridized carbons (Fsp3) is 0. The summed E-state index contributed by atoms with van der Waals surface area (Å²) >= 11 is 0. The van der Waals surface area contributed by atoms with E-state index in [4.69, 9.17) is 4.42 Å². The lowest BCUT2D eigenvalue weighted by Crippen LogP contribution is -2.03. The molecular formula is C22H13N5O4. The fourth-order valence-corrected chi connectivity index (χ4v) is 3.17. The summed E-state index contributed by atoms with van der Waals surface area (Å²) in [5.41, 5.74) is 2.81. The smallest absolute Gasteiger partial charge is 0.347 e. The summed E-state index contributed by atoms with van der Waals surface area (Å²) in [4.78, 5) is 30.3. The van der Waals surface area contributed by atoms with Crippen LogP contribution in [-0.2, 0) is 0 Å². The van der Waals surface area contributed by atoms with E-state index in [1.807, 2.05) is 24.3 Å². The third-order valence-corrected chi connectivity index (χ3v) is 4.70. The van der Waals surface area contributed by atoms with Crippen molar-refractivity contribution >= 4 is 39.1 Å². The number of rotatable bonds is 4. The van der Waals surface area contributed by atoms with Gasteiger partial charge < -0.3 is 9.40 Å². The van der Waals surface area contributed by atoms with E-state index in [0.717, 1.165) is 11.0 Å². The number of para-hydroxylation sites is 2. The Labute approximate surface area is 173 Å². The molecule has 0 bridgehead atoms. The van der Waals surface area contributed by atoms with Gasteiger partial charge in [0.25, 0.3) is 5.69 Å². The zero-order chi connectivity index (χ0) is 21.4. The Morgan fingerprint density at radius 2 is 1.68 bits per heavy atom. The molecule has 0 amide bonds. The Balaban J connectivity index is 1.50. The summed E-state index contributed by atoms with van der Waals surface area (Å²) in [7, 11) is 0. The normalized spacial score (nSPS) is 11.5. The molecule has 9 nitrogen and oxygen atoms in total. The maximum absolute atomic E-state index is 12.5. The zero-order valence-corrected chi connectivity index (χ0v) is 15.9. The minimum atomic E-state index is -0.494. The summed E-state index contributed by atoms with van der Waals surface area (Å²) < 4.78 is 5.44. The average molecular weight is 411 g/mol. The summed E-state index contributed by atoms with van der Waals surface area (Å²) in [6.45, 7) is 0. The number of imidazole rings is 1. The number of benzene rings is 3. The van der Waals surface area contributed by atoms with Gasteiger partial charge in [0.2, 0.25) is 0 Å². The fourth-order valence-electron chi connectivity index (χ4n) is 3.17. The maximum Gasteiger partial charge on any atom is 0.347 e. The summed E-state index contributed by atoms with van der Waals surface area (Å²) in [6, 6.07) is 20.0. The summed E-state index contributed by atoms with van der Waals surface area (Å²) in [5.74, 6) is 0.426. The lowest BCUT2D eigenvalue weighted by molar-refractivity contribution is -0.384. The predicted molar refractivity (Wildman–Crippen MR) is 115 cm³/mol. The molecule has 5 aromatic rings. The molecule has 0 unspecified atom stereocenters. The highest BCUT2D eigenvalue weighted by atomic mass is 16.6. The molecule has 0 aliphatic rings. The second-order valence-electron chi connectivity index (χ2n) is 6.75. The van der Waals surface area contributed by atoms with Gasteiger partial charge in [-0.05, 0) is 48.5 Å². The van der Waals surface area contributed by atoms with Crippen LogP contribution in [0.1, 0.15) is 0 Å². The number of nitro benzene ring substituents is 1. The van der Waals surface area contributed by atoms with Crippen LogP contribution < -0.4 is 5.63 Å². The highest BCUT2D eigenvalue weighted by Crippen LogP contribution is 2.26. The van der Waals surface area contributed by atoms with Gasteiger partial charge >= 0.3 is 5.63 Å². The first-order chi connectivity index (χ1) is 15.1. The van der Waals surface area contributed by atoms with Gasteiger partial charge in [-0.15, -0.1) is 0 Å². The summed E-state index contributed by atoms with van der Waals surface area (Å²) in [5, 5.41) is 19.7. The van der Waals surface area contributed by atoms with Crippen LogP contribution in [0.3, 0.4) is 0 Å². The van der Waals surface area contributed by atoms with Crippen LogP contribution in [0.25, 0.3) is 33.4 Å². The van der Waals surface area contributed by atoms with Crippen molar-refractivity contribution in [2.45, 2.75) is 0 Å².